The molecule has 0 fully saturated rings. The third-order valence-electron chi connectivity index (χ3n) is 3.10. The van der Waals surface area contributed by atoms with Crippen LogP contribution in [0.2, 0.25) is 0 Å². The second kappa shape index (κ2) is 4.80. The lowest BCUT2D eigenvalue weighted by atomic mass is 10.2. The molecule has 1 amide bonds. The fourth-order valence-corrected chi connectivity index (χ4v) is 2.02. The molecule has 2 aromatic rings. The van der Waals surface area contributed by atoms with Crippen molar-refractivity contribution in [2.45, 2.75) is 26.7 Å². The molecule has 0 radical (unpaired) electrons. The number of nitrogens with zero attached hydrogens (tertiary/aromatic N) is 3. The Kier molecular flexibility index (Phi) is 3.36. The summed E-state index contributed by atoms with van der Waals surface area (Å²) >= 11 is 0. The minimum atomic E-state index is -0.0450. The Balaban J connectivity index is 2.66. The van der Waals surface area contributed by atoms with E-state index >= 15 is 0 Å². The van der Waals surface area contributed by atoms with Gasteiger partial charge in [-0.15, -0.1) is 0 Å². The molecule has 2 heterocycles. The minimum absolute atomic E-state index is 0.0450. The fourth-order valence-electron chi connectivity index (χ4n) is 2.02. The van der Waals surface area contributed by atoms with Crippen LogP contribution in [0.25, 0.3) is 5.52 Å². The van der Waals surface area contributed by atoms with Gasteiger partial charge in [0.2, 0.25) is 0 Å². The van der Waals surface area contributed by atoms with Crippen LogP contribution in [-0.2, 0) is 12.8 Å². The Hall–Kier alpha value is -1.84. The highest BCUT2D eigenvalue weighted by atomic mass is 16.2. The molecule has 18 heavy (non-hydrogen) atoms. The number of hydrogen-bond donors (Lipinski definition) is 0. The third kappa shape index (κ3) is 1.98. The highest BCUT2D eigenvalue weighted by Crippen LogP contribution is 2.17. The van der Waals surface area contributed by atoms with Crippen LogP contribution < -0.4 is 0 Å². The van der Waals surface area contributed by atoms with E-state index in [0.717, 1.165) is 24.2 Å². The molecule has 0 saturated carbocycles. The maximum Gasteiger partial charge on any atom is 0.274 e. The van der Waals surface area contributed by atoms with Gasteiger partial charge in [-0.25, -0.2) is 4.98 Å². The maximum absolute atomic E-state index is 12.1. The molecule has 2 aromatic heterocycles. The van der Waals surface area contributed by atoms with Crippen molar-refractivity contribution >= 4 is 11.4 Å². The first-order chi connectivity index (χ1) is 8.58. The minimum Gasteiger partial charge on any atom is -0.343 e. The number of pyridine rings is 1. The van der Waals surface area contributed by atoms with Crippen LogP contribution in [0.4, 0.5) is 0 Å². The highest BCUT2D eigenvalue weighted by molar-refractivity contribution is 5.98. The number of imidazole rings is 1. The van der Waals surface area contributed by atoms with E-state index in [0.29, 0.717) is 5.69 Å². The second-order valence-electron chi connectivity index (χ2n) is 4.58. The Bertz CT molecular complexity index is 584. The summed E-state index contributed by atoms with van der Waals surface area (Å²) in [5.74, 6) is 0.891. The van der Waals surface area contributed by atoms with Gasteiger partial charge in [-0.2, -0.15) is 0 Å². The Labute approximate surface area is 107 Å². The number of carbonyl (C=O) groups is 1. The summed E-state index contributed by atoms with van der Waals surface area (Å²) in [4.78, 5) is 18.1. The SMILES string of the molecule is CCc1ccc2c(C(=O)N(C)C)nc(CC)n2c1. The van der Waals surface area contributed by atoms with E-state index in [1.165, 1.54) is 5.56 Å². The summed E-state index contributed by atoms with van der Waals surface area (Å²) in [5, 5.41) is 0. The lowest BCUT2D eigenvalue weighted by molar-refractivity contribution is 0.0824. The van der Waals surface area contributed by atoms with E-state index in [9.17, 15) is 4.79 Å². The predicted molar refractivity (Wildman–Crippen MR) is 72.0 cm³/mol. The van der Waals surface area contributed by atoms with Crippen LogP contribution in [-0.4, -0.2) is 34.3 Å². The van der Waals surface area contributed by atoms with Crippen LogP contribution in [0, 0.1) is 0 Å². The van der Waals surface area contributed by atoms with Crippen LogP contribution in [0.15, 0.2) is 18.3 Å². The Morgan fingerprint density at radius 3 is 2.56 bits per heavy atom. The molecule has 0 bridgehead atoms. The normalized spacial score (nSPS) is 10.9. The summed E-state index contributed by atoms with van der Waals surface area (Å²) in [6.07, 6.45) is 3.87. The molecule has 0 saturated heterocycles. The van der Waals surface area contributed by atoms with Gasteiger partial charge in [0.1, 0.15) is 5.82 Å². The molecule has 0 unspecified atom stereocenters. The molecule has 96 valence electrons. The molecule has 0 aliphatic carbocycles. The van der Waals surface area contributed by atoms with Crippen molar-refractivity contribution in [1.82, 2.24) is 14.3 Å². The van der Waals surface area contributed by atoms with Crippen LogP contribution in [0.5, 0.6) is 0 Å². The summed E-state index contributed by atoms with van der Waals surface area (Å²) in [7, 11) is 3.50. The van der Waals surface area contributed by atoms with Crippen molar-refractivity contribution < 1.29 is 4.79 Å². The molecule has 0 N–H and O–H groups in total. The van der Waals surface area contributed by atoms with Gasteiger partial charge in [-0.1, -0.05) is 19.9 Å². The molecule has 0 aromatic carbocycles. The van der Waals surface area contributed by atoms with Gasteiger partial charge in [0, 0.05) is 26.7 Å². The van der Waals surface area contributed by atoms with Gasteiger partial charge >= 0.3 is 0 Å². The first-order valence-electron chi connectivity index (χ1n) is 6.30. The monoisotopic (exact) mass is 245 g/mol. The first kappa shape index (κ1) is 12.6. The highest BCUT2D eigenvalue weighted by Gasteiger charge is 2.18. The van der Waals surface area contributed by atoms with E-state index in [2.05, 4.69) is 31.1 Å². The first-order valence-corrected chi connectivity index (χ1v) is 6.30. The van der Waals surface area contributed by atoms with Crippen molar-refractivity contribution in [3.63, 3.8) is 0 Å². The topological polar surface area (TPSA) is 37.6 Å². The smallest absolute Gasteiger partial charge is 0.274 e. The van der Waals surface area contributed by atoms with Gasteiger partial charge in [0.25, 0.3) is 5.91 Å². The lowest BCUT2D eigenvalue weighted by Gasteiger charge is -2.08. The molecule has 4 nitrogen and oxygen atoms in total. The van der Waals surface area contributed by atoms with E-state index < -0.39 is 0 Å². The average Bonchev–Trinajstić information content (AvgIpc) is 2.75. The molecular weight excluding hydrogens is 226 g/mol. The number of hydrogen-bond acceptors (Lipinski definition) is 2. The van der Waals surface area contributed by atoms with E-state index in [4.69, 9.17) is 0 Å². The van der Waals surface area contributed by atoms with Gasteiger partial charge in [-0.3, -0.25) is 4.79 Å². The number of aromatic nitrogens is 2. The Morgan fingerprint density at radius 1 is 1.28 bits per heavy atom. The van der Waals surface area contributed by atoms with E-state index in [-0.39, 0.29) is 5.91 Å². The zero-order valence-corrected chi connectivity index (χ0v) is 11.4. The lowest BCUT2D eigenvalue weighted by Crippen LogP contribution is -2.22. The van der Waals surface area contributed by atoms with Crippen molar-refractivity contribution in [2.24, 2.45) is 0 Å². The molecular formula is C14H19N3O. The summed E-state index contributed by atoms with van der Waals surface area (Å²) in [6, 6.07) is 4.05. The maximum atomic E-state index is 12.1. The summed E-state index contributed by atoms with van der Waals surface area (Å²) in [5.41, 5.74) is 2.68. The van der Waals surface area contributed by atoms with Gasteiger partial charge in [-0.05, 0) is 18.1 Å². The van der Waals surface area contributed by atoms with Crippen molar-refractivity contribution in [3.8, 4) is 0 Å². The van der Waals surface area contributed by atoms with Crippen LogP contribution in [0.3, 0.4) is 0 Å². The molecule has 0 aliphatic rings. The van der Waals surface area contributed by atoms with E-state index in [1.54, 1.807) is 19.0 Å². The number of carbonyl (C=O) groups excluding carboxylic acids is 1. The van der Waals surface area contributed by atoms with Gasteiger partial charge < -0.3 is 9.30 Å². The zero-order valence-electron chi connectivity index (χ0n) is 11.4. The van der Waals surface area contributed by atoms with Crippen LogP contribution >= 0.6 is 0 Å². The number of amides is 1. The number of fused-ring (bicyclic) bond motifs is 1. The molecule has 4 heteroatoms. The quantitative estimate of drug-likeness (QED) is 0.831. The second-order valence-corrected chi connectivity index (χ2v) is 4.58. The molecule has 0 spiro atoms. The van der Waals surface area contributed by atoms with Crippen molar-refractivity contribution in [3.05, 3.63) is 35.4 Å². The average molecular weight is 245 g/mol. The number of rotatable bonds is 3. The fraction of sp³-hybridized carbons (Fsp3) is 0.429. The molecule has 0 atom stereocenters. The van der Waals surface area contributed by atoms with E-state index in [1.807, 2.05) is 10.5 Å². The number of aryl methyl sites for hydroxylation is 2. The Morgan fingerprint density at radius 2 is 2.00 bits per heavy atom. The zero-order chi connectivity index (χ0) is 13.3. The van der Waals surface area contributed by atoms with Crippen molar-refractivity contribution in [1.29, 1.82) is 0 Å². The summed E-state index contributed by atoms with van der Waals surface area (Å²) < 4.78 is 2.04. The molecule has 2 rings (SSSR count). The van der Waals surface area contributed by atoms with Crippen LogP contribution in [0.1, 0.15) is 35.7 Å². The summed E-state index contributed by atoms with van der Waals surface area (Å²) in [6.45, 7) is 4.17. The van der Waals surface area contributed by atoms with Gasteiger partial charge in [0.05, 0.1) is 5.52 Å². The van der Waals surface area contributed by atoms with Crippen molar-refractivity contribution in [2.75, 3.05) is 14.1 Å². The largest absolute Gasteiger partial charge is 0.343 e. The van der Waals surface area contributed by atoms with Gasteiger partial charge in [0.15, 0.2) is 5.69 Å². The predicted octanol–water partition coefficient (Wildman–Crippen LogP) is 2.16. The standard InChI is InChI=1S/C14H19N3O/c1-5-10-7-8-11-13(14(18)16(3)4)15-12(6-2)17(11)9-10/h7-9H,5-6H2,1-4H3. The molecule has 0 aliphatic heterocycles. The third-order valence-corrected chi connectivity index (χ3v) is 3.10.